The van der Waals surface area contributed by atoms with Crippen LogP contribution in [0.1, 0.15) is 21.6 Å². The van der Waals surface area contributed by atoms with Crippen LogP contribution in [0.25, 0.3) is 16.9 Å². The van der Waals surface area contributed by atoms with Crippen LogP contribution in [0.2, 0.25) is 0 Å². The molecule has 0 saturated carbocycles. The van der Waals surface area contributed by atoms with Gasteiger partial charge in [-0.1, -0.05) is 11.6 Å². The molecule has 22 heavy (non-hydrogen) atoms. The Bertz CT molecular complexity index is 884. The van der Waals surface area contributed by atoms with Crippen molar-refractivity contribution in [3.63, 3.8) is 0 Å². The lowest BCUT2D eigenvalue weighted by atomic mass is 10.1. The molecule has 0 aliphatic rings. The first-order valence-electron chi connectivity index (χ1n) is 6.75. The highest BCUT2D eigenvalue weighted by Crippen LogP contribution is 2.30. The van der Waals surface area contributed by atoms with Crippen molar-refractivity contribution in [3.8, 4) is 17.0 Å². The van der Waals surface area contributed by atoms with Crippen LogP contribution in [0.15, 0.2) is 30.5 Å². The lowest BCUT2D eigenvalue weighted by Gasteiger charge is -2.06. The monoisotopic (exact) mass is 297 g/mol. The van der Waals surface area contributed by atoms with E-state index in [-0.39, 0.29) is 5.56 Å². The Kier molecular flexibility index (Phi) is 3.29. The van der Waals surface area contributed by atoms with Crippen molar-refractivity contribution in [1.29, 1.82) is 0 Å². The number of aryl methyl sites for hydroxylation is 2. The first-order chi connectivity index (χ1) is 10.5. The summed E-state index contributed by atoms with van der Waals surface area (Å²) in [6.07, 6.45) is 1.35. The first-order valence-corrected chi connectivity index (χ1v) is 6.75. The average Bonchev–Trinajstić information content (AvgIpc) is 2.92. The number of methoxy groups -OCH3 is 1. The molecule has 2 aromatic heterocycles. The SMILES string of the molecule is COc1ccc(C)cc1-c1cc2ncc(C(=O)O)c(C)n2n1. The van der Waals surface area contributed by atoms with Gasteiger partial charge in [-0.25, -0.2) is 14.3 Å². The molecule has 2 heterocycles. The molecule has 112 valence electrons. The lowest BCUT2D eigenvalue weighted by molar-refractivity contribution is 0.0695. The van der Waals surface area contributed by atoms with Gasteiger partial charge in [0.05, 0.1) is 24.1 Å². The second kappa shape index (κ2) is 5.14. The van der Waals surface area contributed by atoms with Gasteiger partial charge in [0.1, 0.15) is 5.75 Å². The van der Waals surface area contributed by atoms with E-state index >= 15 is 0 Å². The van der Waals surface area contributed by atoms with Crippen LogP contribution in [0, 0.1) is 13.8 Å². The number of carbonyl (C=O) groups is 1. The molecule has 0 atom stereocenters. The van der Waals surface area contributed by atoms with E-state index in [0.29, 0.717) is 22.8 Å². The Morgan fingerprint density at radius 3 is 2.73 bits per heavy atom. The molecule has 0 amide bonds. The second-order valence-electron chi connectivity index (χ2n) is 5.07. The smallest absolute Gasteiger partial charge is 0.339 e. The number of carboxylic acid groups (broad SMARTS) is 1. The van der Waals surface area contributed by atoms with Gasteiger partial charge in [-0.3, -0.25) is 0 Å². The molecule has 6 heteroatoms. The minimum Gasteiger partial charge on any atom is -0.496 e. The van der Waals surface area contributed by atoms with E-state index in [9.17, 15) is 4.79 Å². The third kappa shape index (κ3) is 2.18. The summed E-state index contributed by atoms with van der Waals surface area (Å²) in [7, 11) is 1.61. The maximum absolute atomic E-state index is 11.2. The molecule has 0 aliphatic heterocycles. The minimum absolute atomic E-state index is 0.137. The lowest BCUT2D eigenvalue weighted by Crippen LogP contribution is -2.06. The normalized spacial score (nSPS) is 10.9. The molecule has 3 aromatic rings. The van der Waals surface area contributed by atoms with Gasteiger partial charge in [0.15, 0.2) is 5.65 Å². The van der Waals surface area contributed by atoms with Gasteiger partial charge in [0.25, 0.3) is 0 Å². The minimum atomic E-state index is -1.02. The Morgan fingerprint density at radius 1 is 1.27 bits per heavy atom. The predicted octanol–water partition coefficient (Wildman–Crippen LogP) is 2.72. The summed E-state index contributed by atoms with van der Waals surface area (Å²) in [4.78, 5) is 15.4. The van der Waals surface area contributed by atoms with E-state index in [0.717, 1.165) is 11.1 Å². The quantitative estimate of drug-likeness (QED) is 0.804. The average molecular weight is 297 g/mol. The van der Waals surface area contributed by atoms with Crippen LogP contribution in [0.5, 0.6) is 5.75 Å². The summed E-state index contributed by atoms with van der Waals surface area (Å²) in [5, 5.41) is 13.7. The predicted molar refractivity (Wildman–Crippen MR) is 81.4 cm³/mol. The first kappa shape index (κ1) is 14.1. The topological polar surface area (TPSA) is 76.7 Å². The van der Waals surface area contributed by atoms with Crippen LogP contribution < -0.4 is 4.74 Å². The standard InChI is InChI=1S/C16H15N3O3/c1-9-4-5-14(22-3)11(6-9)13-7-15-17-8-12(16(20)21)10(2)19(15)18-13/h4-8H,1-3H3,(H,20,21). The third-order valence-corrected chi connectivity index (χ3v) is 3.59. The Morgan fingerprint density at radius 2 is 2.05 bits per heavy atom. The van der Waals surface area contributed by atoms with Gasteiger partial charge in [0, 0.05) is 17.8 Å². The summed E-state index contributed by atoms with van der Waals surface area (Å²) in [5.74, 6) is -0.304. The number of rotatable bonds is 3. The summed E-state index contributed by atoms with van der Waals surface area (Å²) in [5.41, 5.74) is 3.90. The van der Waals surface area contributed by atoms with Crippen molar-refractivity contribution in [2.45, 2.75) is 13.8 Å². The zero-order chi connectivity index (χ0) is 15.9. The number of hydrogen-bond donors (Lipinski definition) is 1. The zero-order valence-electron chi connectivity index (χ0n) is 12.5. The van der Waals surface area contributed by atoms with E-state index in [1.807, 2.05) is 31.2 Å². The molecule has 0 bridgehead atoms. The number of nitrogens with zero attached hydrogens (tertiary/aromatic N) is 3. The van der Waals surface area contributed by atoms with Gasteiger partial charge >= 0.3 is 5.97 Å². The molecular formula is C16H15N3O3. The molecule has 0 unspecified atom stereocenters. The number of ether oxygens (including phenoxy) is 1. The summed E-state index contributed by atoms with van der Waals surface area (Å²) in [6.45, 7) is 3.70. The number of hydrogen-bond acceptors (Lipinski definition) is 4. The number of aromatic carboxylic acids is 1. The molecule has 0 saturated heterocycles. The van der Waals surface area contributed by atoms with E-state index in [2.05, 4.69) is 10.1 Å². The van der Waals surface area contributed by atoms with Crippen LogP contribution in [0.3, 0.4) is 0 Å². The molecular weight excluding hydrogens is 282 g/mol. The Balaban J connectivity index is 2.23. The van der Waals surface area contributed by atoms with Gasteiger partial charge in [0.2, 0.25) is 0 Å². The van der Waals surface area contributed by atoms with Gasteiger partial charge in [-0.15, -0.1) is 0 Å². The Labute approximate surface area is 127 Å². The molecule has 0 radical (unpaired) electrons. The fourth-order valence-corrected chi connectivity index (χ4v) is 2.41. The van der Waals surface area contributed by atoms with Crippen LogP contribution in [-0.2, 0) is 0 Å². The molecule has 3 rings (SSSR count). The number of fused-ring (bicyclic) bond motifs is 1. The highest BCUT2D eigenvalue weighted by molar-refractivity contribution is 5.88. The number of benzene rings is 1. The fourth-order valence-electron chi connectivity index (χ4n) is 2.41. The molecule has 0 fully saturated rings. The van der Waals surface area contributed by atoms with Gasteiger partial charge < -0.3 is 9.84 Å². The van der Waals surface area contributed by atoms with Gasteiger partial charge in [-0.05, 0) is 26.0 Å². The van der Waals surface area contributed by atoms with Crippen LogP contribution in [-0.4, -0.2) is 32.8 Å². The zero-order valence-corrected chi connectivity index (χ0v) is 12.5. The van der Waals surface area contributed by atoms with Crippen molar-refractivity contribution >= 4 is 11.6 Å². The van der Waals surface area contributed by atoms with Crippen LogP contribution in [0.4, 0.5) is 0 Å². The highest BCUT2D eigenvalue weighted by atomic mass is 16.5. The van der Waals surface area contributed by atoms with Crippen molar-refractivity contribution in [2.24, 2.45) is 0 Å². The number of carboxylic acids is 1. The number of aromatic nitrogens is 3. The van der Waals surface area contributed by atoms with E-state index in [4.69, 9.17) is 9.84 Å². The van der Waals surface area contributed by atoms with Gasteiger partial charge in [-0.2, -0.15) is 5.10 Å². The second-order valence-corrected chi connectivity index (χ2v) is 5.07. The summed E-state index contributed by atoms with van der Waals surface area (Å²) >= 11 is 0. The highest BCUT2D eigenvalue weighted by Gasteiger charge is 2.15. The molecule has 6 nitrogen and oxygen atoms in total. The molecule has 0 spiro atoms. The fraction of sp³-hybridized carbons (Fsp3) is 0.188. The van der Waals surface area contributed by atoms with E-state index in [1.165, 1.54) is 6.20 Å². The van der Waals surface area contributed by atoms with Crippen molar-refractivity contribution in [2.75, 3.05) is 7.11 Å². The van der Waals surface area contributed by atoms with E-state index < -0.39 is 5.97 Å². The van der Waals surface area contributed by atoms with Crippen molar-refractivity contribution in [1.82, 2.24) is 14.6 Å². The molecule has 1 N–H and O–H groups in total. The van der Waals surface area contributed by atoms with Crippen molar-refractivity contribution < 1.29 is 14.6 Å². The maximum atomic E-state index is 11.2. The molecule has 1 aromatic carbocycles. The largest absolute Gasteiger partial charge is 0.496 e. The molecule has 0 aliphatic carbocycles. The maximum Gasteiger partial charge on any atom is 0.339 e. The summed E-state index contributed by atoms with van der Waals surface area (Å²) in [6, 6.07) is 7.64. The third-order valence-electron chi connectivity index (χ3n) is 3.59. The Hall–Kier alpha value is -2.89. The van der Waals surface area contributed by atoms with Crippen LogP contribution >= 0.6 is 0 Å². The van der Waals surface area contributed by atoms with E-state index in [1.54, 1.807) is 18.5 Å². The van der Waals surface area contributed by atoms with Crippen molar-refractivity contribution in [3.05, 3.63) is 47.3 Å². The summed E-state index contributed by atoms with van der Waals surface area (Å²) < 4.78 is 6.92.